The van der Waals surface area contributed by atoms with E-state index in [1.807, 2.05) is 24.3 Å². The lowest BCUT2D eigenvalue weighted by Crippen LogP contribution is -2.16. The van der Waals surface area contributed by atoms with Crippen LogP contribution in [0.4, 0.5) is 0 Å². The van der Waals surface area contributed by atoms with Crippen LogP contribution in [0.1, 0.15) is 38.2 Å². The van der Waals surface area contributed by atoms with Crippen LogP contribution < -0.4 is 10.2 Å². The molecule has 0 saturated carbocycles. The largest absolute Gasteiger partial charge is 0.497 e. The predicted octanol–water partition coefficient (Wildman–Crippen LogP) is 2.73. The number of rotatable bonds is 7. The third kappa shape index (κ3) is 5.48. The normalized spacial score (nSPS) is 10.6. The minimum Gasteiger partial charge on any atom is -0.497 e. The molecule has 0 aliphatic rings. The van der Waals surface area contributed by atoms with Gasteiger partial charge in [-0.25, -0.2) is 5.43 Å². The fourth-order valence-corrected chi connectivity index (χ4v) is 1.46. The second-order valence-electron chi connectivity index (χ2n) is 4.02. The van der Waals surface area contributed by atoms with E-state index in [1.165, 1.54) is 0 Å². The van der Waals surface area contributed by atoms with Gasteiger partial charge in [0.15, 0.2) is 0 Å². The summed E-state index contributed by atoms with van der Waals surface area (Å²) in [4.78, 5) is 11.4. The molecule has 0 aromatic heterocycles. The molecule has 0 heterocycles. The van der Waals surface area contributed by atoms with Gasteiger partial charge in [0.2, 0.25) is 5.91 Å². The highest BCUT2D eigenvalue weighted by Crippen LogP contribution is 2.09. The number of nitrogens with zero attached hydrogens (tertiary/aromatic N) is 1. The minimum atomic E-state index is -0.0341. The van der Waals surface area contributed by atoms with Crippen molar-refractivity contribution in [2.24, 2.45) is 5.10 Å². The summed E-state index contributed by atoms with van der Waals surface area (Å²) in [5, 5.41) is 3.91. The van der Waals surface area contributed by atoms with Gasteiger partial charge < -0.3 is 4.74 Å². The monoisotopic (exact) mass is 248 g/mol. The first kappa shape index (κ1) is 14.2. The quantitative estimate of drug-likeness (QED) is 0.458. The highest BCUT2D eigenvalue weighted by Gasteiger charge is 1.97. The Labute approximate surface area is 108 Å². The molecule has 4 heteroatoms. The summed E-state index contributed by atoms with van der Waals surface area (Å²) < 4.78 is 5.05. The molecule has 1 aromatic rings. The summed E-state index contributed by atoms with van der Waals surface area (Å²) in [5.41, 5.74) is 3.44. The fraction of sp³-hybridized carbons (Fsp3) is 0.429. The third-order valence-electron chi connectivity index (χ3n) is 2.53. The number of carbonyl (C=O) groups is 1. The molecule has 4 nitrogen and oxygen atoms in total. The minimum absolute atomic E-state index is 0.0341. The Morgan fingerprint density at radius 1 is 1.33 bits per heavy atom. The van der Waals surface area contributed by atoms with Crippen LogP contribution in [0.25, 0.3) is 0 Å². The van der Waals surface area contributed by atoms with Gasteiger partial charge in [0.25, 0.3) is 0 Å². The van der Waals surface area contributed by atoms with Gasteiger partial charge in [-0.3, -0.25) is 4.79 Å². The van der Waals surface area contributed by atoms with Gasteiger partial charge in [-0.15, -0.1) is 0 Å². The first-order valence-electron chi connectivity index (χ1n) is 6.22. The molecule has 1 rings (SSSR count). The van der Waals surface area contributed by atoms with Crippen molar-refractivity contribution in [1.82, 2.24) is 5.43 Å². The van der Waals surface area contributed by atoms with Gasteiger partial charge in [-0.1, -0.05) is 19.8 Å². The maximum absolute atomic E-state index is 11.4. The SMILES string of the molecule is CCCCCC(=O)NN=Cc1ccc(OC)cc1. The van der Waals surface area contributed by atoms with Crippen LogP contribution in [0, 0.1) is 0 Å². The zero-order chi connectivity index (χ0) is 13.2. The van der Waals surface area contributed by atoms with E-state index in [-0.39, 0.29) is 5.91 Å². The maximum atomic E-state index is 11.4. The molecular weight excluding hydrogens is 228 g/mol. The van der Waals surface area contributed by atoms with Gasteiger partial charge >= 0.3 is 0 Å². The van der Waals surface area contributed by atoms with E-state index in [4.69, 9.17) is 4.74 Å². The number of carbonyl (C=O) groups excluding carboxylic acids is 1. The highest BCUT2D eigenvalue weighted by atomic mass is 16.5. The molecule has 0 radical (unpaired) electrons. The standard InChI is InChI=1S/C14H20N2O2/c1-3-4-5-6-14(17)16-15-11-12-7-9-13(18-2)10-8-12/h7-11H,3-6H2,1-2H3,(H,16,17). The summed E-state index contributed by atoms with van der Waals surface area (Å²) in [6.45, 7) is 2.11. The summed E-state index contributed by atoms with van der Waals surface area (Å²) in [7, 11) is 1.62. The van der Waals surface area contributed by atoms with Crippen LogP contribution >= 0.6 is 0 Å². The van der Waals surface area contributed by atoms with Crippen molar-refractivity contribution in [3.8, 4) is 5.75 Å². The fourth-order valence-electron chi connectivity index (χ4n) is 1.46. The van der Waals surface area contributed by atoms with Crippen LogP contribution in [0.5, 0.6) is 5.75 Å². The molecule has 98 valence electrons. The summed E-state index contributed by atoms with van der Waals surface area (Å²) in [5.74, 6) is 0.768. The number of nitrogens with one attached hydrogen (secondary N) is 1. The van der Waals surface area contributed by atoms with E-state index < -0.39 is 0 Å². The first-order chi connectivity index (χ1) is 8.76. The van der Waals surface area contributed by atoms with Crippen molar-refractivity contribution in [1.29, 1.82) is 0 Å². The lowest BCUT2D eigenvalue weighted by Gasteiger charge is -2.00. The Kier molecular flexibility index (Phi) is 6.54. The number of hydrazone groups is 1. The number of ether oxygens (including phenoxy) is 1. The zero-order valence-corrected chi connectivity index (χ0v) is 11.0. The maximum Gasteiger partial charge on any atom is 0.240 e. The molecule has 0 fully saturated rings. The number of unbranched alkanes of at least 4 members (excludes halogenated alkanes) is 2. The van der Waals surface area contributed by atoms with E-state index in [0.717, 1.165) is 30.6 Å². The molecule has 0 spiro atoms. The summed E-state index contributed by atoms with van der Waals surface area (Å²) >= 11 is 0. The van der Waals surface area contributed by atoms with Crippen LogP contribution in [-0.4, -0.2) is 19.2 Å². The zero-order valence-electron chi connectivity index (χ0n) is 11.0. The predicted molar refractivity (Wildman–Crippen MR) is 72.9 cm³/mol. The molecule has 1 amide bonds. The smallest absolute Gasteiger partial charge is 0.240 e. The van der Waals surface area contributed by atoms with Crippen LogP contribution in [0.15, 0.2) is 29.4 Å². The van der Waals surface area contributed by atoms with Crippen molar-refractivity contribution in [3.05, 3.63) is 29.8 Å². The van der Waals surface area contributed by atoms with Crippen LogP contribution in [0.2, 0.25) is 0 Å². The Morgan fingerprint density at radius 2 is 2.06 bits per heavy atom. The van der Waals surface area contributed by atoms with E-state index in [2.05, 4.69) is 17.5 Å². The van der Waals surface area contributed by atoms with Crippen molar-refractivity contribution in [2.45, 2.75) is 32.6 Å². The average molecular weight is 248 g/mol. The lowest BCUT2D eigenvalue weighted by atomic mass is 10.2. The molecule has 1 N–H and O–H groups in total. The Balaban J connectivity index is 2.32. The number of benzene rings is 1. The van der Waals surface area contributed by atoms with Crippen molar-refractivity contribution in [2.75, 3.05) is 7.11 Å². The molecular formula is C14H20N2O2. The Morgan fingerprint density at radius 3 is 2.67 bits per heavy atom. The highest BCUT2D eigenvalue weighted by molar-refractivity contribution is 5.82. The molecule has 0 aliphatic heterocycles. The molecule has 1 aromatic carbocycles. The van der Waals surface area contributed by atoms with Crippen molar-refractivity contribution in [3.63, 3.8) is 0 Å². The van der Waals surface area contributed by atoms with Gasteiger partial charge in [0.05, 0.1) is 13.3 Å². The molecule has 0 bridgehead atoms. The number of hydrogen-bond donors (Lipinski definition) is 1. The first-order valence-corrected chi connectivity index (χ1v) is 6.22. The number of methoxy groups -OCH3 is 1. The summed E-state index contributed by atoms with van der Waals surface area (Å²) in [6, 6.07) is 7.46. The van der Waals surface area contributed by atoms with E-state index >= 15 is 0 Å². The second-order valence-corrected chi connectivity index (χ2v) is 4.02. The van der Waals surface area contributed by atoms with Crippen LogP contribution in [0.3, 0.4) is 0 Å². The van der Waals surface area contributed by atoms with Crippen molar-refractivity contribution >= 4 is 12.1 Å². The number of hydrogen-bond acceptors (Lipinski definition) is 3. The van der Waals surface area contributed by atoms with Gasteiger partial charge in [0, 0.05) is 6.42 Å². The molecule has 0 atom stereocenters. The van der Waals surface area contributed by atoms with Crippen molar-refractivity contribution < 1.29 is 9.53 Å². The van der Waals surface area contributed by atoms with Gasteiger partial charge in [0.1, 0.15) is 5.75 Å². The van der Waals surface area contributed by atoms with E-state index in [0.29, 0.717) is 6.42 Å². The molecule has 0 saturated heterocycles. The molecule has 18 heavy (non-hydrogen) atoms. The summed E-state index contributed by atoms with van der Waals surface area (Å²) in [6.07, 6.45) is 5.27. The third-order valence-corrected chi connectivity index (χ3v) is 2.53. The van der Waals surface area contributed by atoms with E-state index in [9.17, 15) is 4.79 Å². The Hall–Kier alpha value is -1.84. The van der Waals surface area contributed by atoms with E-state index in [1.54, 1.807) is 13.3 Å². The Bertz CT molecular complexity index is 385. The average Bonchev–Trinajstić information content (AvgIpc) is 2.40. The molecule has 0 unspecified atom stereocenters. The number of amides is 1. The second kappa shape index (κ2) is 8.28. The molecule has 0 aliphatic carbocycles. The van der Waals surface area contributed by atoms with Gasteiger partial charge in [-0.2, -0.15) is 5.10 Å². The van der Waals surface area contributed by atoms with Gasteiger partial charge in [-0.05, 0) is 36.2 Å². The lowest BCUT2D eigenvalue weighted by molar-refractivity contribution is -0.121. The van der Waals surface area contributed by atoms with Crippen LogP contribution in [-0.2, 0) is 4.79 Å². The topological polar surface area (TPSA) is 50.7 Å².